The fraction of sp³-hybridized carbons (Fsp3) is 0.0690. The molecule has 0 N–H and O–H groups in total. The zero-order chi connectivity index (χ0) is 40.3. The molecule has 286 valence electrons. The van der Waals surface area contributed by atoms with Gasteiger partial charge >= 0.3 is 0 Å². The monoisotopic (exact) mass is 768 g/mol. The third-order valence-corrected chi connectivity index (χ3v) is 12.9. The van der Waals surface area contributed by atoms with Crippen LogP contribution in [0.4, 0.5) is 34.1 Å². The van der Waals surface area contributed by atoms with Crippen LogP contribution >= 0.6 is 0 Å². The molecule has 2 aliphatic rings. The summed E-state index contributed by atoms with van der Waals surface area (Å²) < 4.78 is 0. The highest BCUT2D eigenvalue weighted by atomic mass is 15.2. The molecule has 9 aromatic carbocycles. The van der Waals surface area contributed by atoms with Gasteiger partial charge in [0.25, 0.3) is 0 Å². The summed E-state index contributed by atoms with van der Waals surface area (Å²) >= 11 is 0. The number of fused-ring (bicyclic) bond motifs is 5. The molecule has 0 amide bonds. The van der Waals surface area contributed by atoms with Crippen molar-refractivity contribution >= 4 is 34.1 Å². The second-order valence-corrected chi connectivity index (χ2v) is 16.5. The SMILES string of the molecule is CC1(C)c2ccccc2-c2cccc(C3(c4ccccc4)c4ccccc4N(c4ccc(-c5ccc(N(c6ccccc6)c6ccccc6)cc5)cc4)c4ccccc43)c21. The lowest BCUT2D eigenvalue weighted by atomic mass is 9.59. The molecule has 0 aromatic heterocycles. The van der Waals surface area contributed by atoms with Gasteiger partial charge < -0.3 is 9.80 Å². The first-order chi connectivity index (χ1) is 29.5. The zero-order valence-electron chi connectivity index (χ0n) is 33.8. The number of nitrogens with zero attached hydrogens (tertiary/aromatic N) is 2. The molecule has 1 aliphatic heterocycles. The molecular formula is C58H44N2. The van der Waals surface area contributed by atoms with Crippen molar-refractivity contribution in [3.05, 3.63) is 264 Å². The largest absolute Gasteiger partial charge is 0.311 e. The lowest BCUT2D eigenvalue weighted by Gasteiger charge is -2.48. The molecule has 9 aromatic rings. The van der Waals surface area contributed by atoms with E-state index in [0.29, 0.717) is 0 Å². The Morgan fingerprint density at radius 3 is 1.37 bits per heavy atom. The van der Waals surface area contributed by atoms with E-state index in [4.69, 9.17) is 0 Å². The minimum atomic E-state index is -0.579. The molecule has 0 saturated heterocycles. The van der Waals surface area contributed by atoms with Gasteiger partial charge in [-0.1, -0.05) is 184 Å². The van der Waals surface area contributed by atoms with Gasteiger partial charge in [-0.3, -0.25) is 0 Å². The van der Waals surface area contributed by atoms with Crippen molar-refractivity contribution in [3.8, 4) is 22.3 Å². The smallest absolute Gasteiger partial charge is 0.0745 e. The maximum absolute atomic E-state index is 2.47. The average Bonchev–Trinajstić information content (AvgIpc) is 3.55. The van der Waals surface area contributed by atoms with Gasteiger partial charge in [0, 0.05) is 28.2 Å². The van der Waals surface area contributed by atoms with E-state index in [1.54, 1.807) is 0 Å². The van der Waals surface area contributed by atoms with Gasteiger partial charge in [-0.25, -0.2) is 0 Å². The third kappa shape index (κ3) is 5.41. The Bertz CT molecular complexity index is 2900. The summed E-state index contributed by atoms with van der Waals surface area (Å²) in [6.07, 6.45) is 0. The van der Waals surface area contributed by atoms with Gasteiger partial charge in [0.2, 0.25) is 0 Å². The lowest BCUT2D eigenvalue weighted by molar-refractivity contribution is 0.625. The fourth-order valence-electron chi connectivity index (χ4n) is 10.3. The van der Waals surface area contributed by atoms with Crippen LogP contribution in [0.1, 0.15) is 47.2 Å². The Labute approximate surface area is 353 Å². The van der Waals surface area contributed by atoms with Gasteiger partial charge in [0.15, 0.2) is 0 Å². The van der Waals surface area contributed by atoms with Crippen molar-refractivity contribution in [2.45, 2.75) is 24.7 Å². The summed E-state index contributed by atoms with van der Waals surface area (Å²) in [5, 5.41) is 0. The van der Waals surface area contributed by atoms with E-state index in [9.17, 15) is 0 Å². The minimum absolute atomic E-state index is 0.194. The Morgan fingerprint density at radius 2 is 0.783 bits per heavy atom. The highest BCUT2D eigenvalue weighted by Gasteiger charge is 2.50. The Morgan fingerprint density at radius 1 is 0.350 bits per heavy atom. The predicted octanol–water partition coefficient (Wildman–Crippen LogP) is 15.3. The van der Waals surface area contributed by atoms with Crippen LogP contribution in [-0.2, 0) is 10.8 Å². The first kappa shape index (κ1) is 35.7. The van der Waals surface area contributed by atoms with Gasteiger partial charge in [-0.05, 0) is 116 Å². The van der Waals surface area contributed by atoms with Crippen molar-refractivity contribution in [3.63, 3.8) is 0 Å². The van der Waals surface area contributed by atoms with E-state index in [-0.39, 0.29) is 5.41 Å². The van der Waals surface area contributed by atoms with Crippen molar-refractivity contribution in [2.24, 2.45) is 0 Å². The highest BCUT2D eigenvalue weighted by Crippen LogP contribution is 2.61. The average molecular weight is 769 g/mol. The topological polar surface area (TPSA) is 6.48 Å². The number of anilines is 6. The summed E-state index contributed by atoms with van der Waals surface area (Å²) in [5.41, 5.74) is 19.1. The minimum Gasteiger partial charge on any atom is -0.311 e. The first-order valence-corrected chi connectivity index (χ1v) is 20.9. The molecule has 0 atom stereocenters. The number of para-hydroxylation sites is 4. The summed E-state index contributed by atoms with van der Waals surface area (Å²) in [4.78, 5) is 4.77. The molecule has 60 heavy (non-hydrogen) atoms. The number of rotatable bonds is 7. The number of benzene rings is 9. The number of hydrogen-bond donors (Lipinski definition) is 0. The summed E-state index contributed by atoms with van der Waals surface area (Å²) in [5.74, 6) is 0. The molecule has 1 heterocycles. The van der Waals surface area contributed by atoms with Crippen LogP contribution in [0.15, 0.2) is 231 Å². The van der Waals surface area contributed by atoms with Crippen LogP contribution in [0, 0.1) is 0 Å². The Balaban J connectivity index is 1.04. The summed E-state index contributed by atoms with van der Waals surface area (Å²) in [6.45, 7) is 4.81. The van der Waals surface area contributed by atoms with Crippen molar-refractivity contribution < 1.29 is 0 Å². The molecule has 0 fully saturated rings. The van der Waals surface area contributed by atoms with Gasteiger partial charge in [0.1, 0.15) is 0 Å². The molecule has 1 aliphatic carbocycles. The Hall–Kier alpha value is -7.42. The quantitative estimate of drug-likeness (QED) is 0.159. The molecular weight excluding hydrogens is 725 g/mol. The lowest BCUT2D eigenvalue weighted by Crippen LogP contribution is -2.39. The van der Waals surface area contributed by atoms with Crippen LogP contribution in [0.2, 0.25) is 0 Å². The van der Waals surface area contributed by atoms with Gasteiger partial charge in [-0.2, -0.15) is 0 Å². The number of hydrogen-bond acceptors (Lipinski definition) is 2. The molecule has 11 rings (SSSR count). The van der Waals surface area contributed by atoms with E-state index < -0.39 is 5.41 Å². The van der Waals surface area contributed by atoms with Crippen molar-refractivity contribution in [1.82, 2.24) is 0 Å². The zero-order valence-corrected chi connectivity index (χ0v) is 33.8. The van der Waals surface area contributed by atoms with E-state index in [2.05, 4.69) is 254 Å². The van der Waals surface area contributed by atoms with E-state index in [0.717, 1.165) is 22.7 Å². The standard InChI is InChI=1S/C58H44N2/c1-57(2)50-27-13-12-25-48(50)49-26-18-30-53(56(49)57)58(43-19-6-3-7-20-43)51-28-14-16-31-54(51)60(55-32-17-15-29-52(55)58)47-39-35-42(36-40-47)41-33-37-46(38-34-41)59(44-21-8-4-9-22-44)45-23-10-5-11-24-45/h3-40H,1-2H3. The molecule has 2 nitrogen and oxygen atoms in total. The normalized spacial score (nSPS) is 14.1. The maximum Gasteiger partial charge on any atom is 0.0745 e. The second kappa shape index (κ2) is 14.1. The third-order valence-electron chi connectivity index (χ3n) is 12.9. The summed E-state index contributed by atoms with van der Waals surface area (Å²) in [6, 6.07) is 84.5. The molecule has 0 saturated carbocycles. The molecule has 0 bridgehead atoms. The summed E-state index contributed by atoms with van der Waals surface area (Å²) in [7, 11) is 0. The predicted molar refractivity (Wildman–Crippen MR) is 251 cm³/mol. The maximum atomic E-state index is 2.47. The van der Waals surface area contributed by atoms with Crippen LogP contribution in [0.5, 0.6) is 0 Å². The van der Waals surface area contributed by atoms with Crippen LogP contribution in [-0.4, -0.2) is 0 Å². The van der Waals surface area contributed by atoms with E-state index in [1.165, 1.54) is 67.0 Å². The van der Waals surface area contributed by atoms with Crippen molar-refractivity contribution in [2.75, 3.05) is 9.80 Å². The molecule has 2 heteroatoms. The van der Waals surface area contributed by atoms with E-state index in [1.807, 2.05) is 0 Å². The van der Waals surface area contributed by atoms with Crippen LogP contribution < -0.4 is 9.80 Å². The highest BCUT2D eigenvalue weighted by molar-refractivity contribution is 5.92. The fourth-order valence-corrected chi connectivity index (χ4v) is 10.3. The molecule has 0 unspecified atom stereocenters. The molecule has 0 spiro atoms. The molecule has 0 radical (unpaired) electrons. The van der Waals surface area contributed by atoms with Crippen molar-refractivity contribution in [1.29, 1.82) is 0 Å². The van der Waals surface area contributed by atoms with Crippen LogP contribution in [0.25, 0.3) is 22.3 Å². The first-order valence-electron chi connectivity index (χ1n) is 20.9. The van der Waals surface area contributed by atoms with Gasteiger partial charge in [0.05, 0.1) is 16.8 Å². The van der Waals surface area contributed by atoms with E-state index >= 15 is 0 Å². The Kier molecular flexibility index (Phi) is 8.42. The van der Waals surface area contributed by atoms with Crippen LogP contribution in [0.3, 0.4) is 0 Å². The van der Waals surface area contributed by atoms with Gasteiger partial charge in [-0.15, -0.1) is 0 Å². The second-order valence-electron chi connectivity index (χ2n) is 16.5.